The number of pyridine rings is 1. The molecule has 7 heteroatoms. The number of nitrogens with one attached hydrogen (secondary N) is 1. The summed E-state index contributed by atoms with van der Waals surface area (Å²) < 4.78 is 18.7. The maximum atomic E-state index is 13.3. The first-order chi connectivity index (χ1) is 9.51. The molecule has 1 amide bonds. The number of nitrogens with zero attached hydrogens (tertiary/aromatic N) is 1. The molecule has 1 aromatic heterocycles. The monoisotopic (exact) mass is 339 g/mol. The number of benzene rings is 1. The number of amides is 1. The van der Waals surface area contributed by atoms with Gasteiger partial charge in [-0.05, 0) is 40.2 Å². The van der Waals surface area contributed by atoms with Gasteiger partial charge in [-0.25, -0.2) is 9.37 Å². The van der Waals surface area contributed by atoms with E-state index in [1.165, 1.54) is 31.5 Å². The number of carbonyl (C=O) groups is 1. The highest BCUT2D eigenvalue weighted by Crippen LogP contribution is 2.23. The SMILES string of the molecule is COc1cc(C(=O)Nc2ncc(N)cc2Br)ccc1F. The maximum absolute atomic E-state index is 13.3. The van der Waals surface area contributed by atoms with Crippen LogP contribution in [0.1, 0.15) is 10.4 Å². The van der Waals surface area contributed by atoms with Crippen molar-refractivity contribution in [2.45, 2.75) is 0 Å². The Kier molecular flexibility index (Phi) is 4.19. The lowest BCUT2D eigenvalue weighted by Crippen LogP contribution is -2.13. The molecule has 0 saturated heterocycles. The molecule has 5 nitrogen and oxygen atoms in total. The summed E-state index contributed by atoms with van der Waals surface area (Å²) in [6.07, 6.45) is 1.42. The van der Waals surface area contributed by atoms with Crippen LogP contribution in [-0.4, -0.2) is 18.0 Å². The highest BCUT2D eigenvalue weighted by Gasteiger charge is 2.12. The first-order valence-electron chi connectivity index (χ1n) is 5.57. The Balaban J connectivity index is 2.24. The summed E-state index contributed by atoms with van der Waals surface area (Å²) in [4.78, 5) is 16.0. The molecule has 20 heavy (non-hydrogen) atoms. The largest absolute Gasteiger partial charge is 0.494 e. The normalized spacial score (nSPS) is 10.2. The molecule has 0 radical (unpaired) electrons. The average molecular weight is 340 g/mol. The molecule has 0 aliphatic heterocycles. The van der Waals surface area contributed by atoms with Gasteiger partial charge in [0.15, 0.2) is 11.6 Å². The lowest BCUT2D eigenvalue weighted by atomic mass is 10.2. The number of nitrogens with two attached hydrogens (primary N) is 1. The van der Waals surface area contributed by atoms with Crippen LogP contribution < -0.4 is 15.8 Å². The Hall–Kier alpha value is -2.15. The Morgan fingerprint density at radius 3 is 2.85 bits per heavy atom. The highest BCUT2D eigenvalue weighted by atomic mass is 79.9. The molecule has 0 spiro atoms. The third kappa shape index (κ3) is 3.05. The van der Waals surface area contributed by atoms with Crippen LogP contribution in [0.5, 0.6) is 5.75 Å². The smallest absolute Gasteiger partial charge is 0.256 e. The quantitative estimate of drug-likeness (QED) is 0.901. The zero-order chi connectivity index (χ0) is 14.7. The van der Waals surface area contributed by atoms with Crippen LogP contribution in [-0.2, 0) is 0 Å². The number of anilines is 2. The van der Waals surface area contributed by atoms with Gasteiger partial charge in [0.25, 0.3) is 5.91 Å². The second-order valence-electron chi connectivity index (χ2n) is 3.90. The molecule has 0 bridgehead atoms. The van der Waals surface area contributed by atoms with E-state index in [4.69, 9.17) is 10.5 Å². The van der Waals surface area contributed by atoms with Crippen molar-refractivity contribution in [1.29, 1.82) is 0 Å². The summed E-state index contributed by atoms with van der Waals surface area (Å²) in [6.45, 7) is 0. The van der Waals surface area contributed by atoms with Crippen molar-refractivity contribution in [2.24, 2.45) is 0 Å². The first-order valence-corrected chi connectivity index (χ1v) is 6.36. The van der Waals surface area contributed by atoms with E-state index >= 15 is 0 Å². The van der Waals surface area contributed by atoms with E-state index in [1.807, 2.05) is 0 Å². The van der Waals surface area contributed by atoms with Crippen LogP contribution in [0, 0.1) is 5.82 Å². The second kappa shape index (κ2) is 5.87. The topological polar surface area (TPSA) is 77.2 Å². The van der Waals surface area contributed by atoms with Gasteiger partial charge in [-0.2, -0.15) is 0 Å². The van der Waals surface area contributed by atoms with Crippen LogP contribution in [0.3, 0.4) is 0 Å². The summed E-state index contributed by atoms with van der Waals surface area (Å²) in [5.41, 5.74) is 6.29. The summed E-state index contributed by atoms with van der Waals surface area (Å²) in [5, 5.41) is 2.59. The molecule has 0 atom stereocenters. The van der Waals surface area contributed by atoms with Gasteiger partial charge in [0.1, 0.15) is 5.82 Å². The minimum absolute atomic E-state index is 0.00183. The number of hydrogen-bond acceptors (Lipinski definition) is 4. The fourth-order valence-corrected chi connectivity index (χ4v) is 1.99. The lowest BCUT2D eigenvalue weighted by Gasteiger charge is -2.08. The number of ether oxygens (including phenoxy) is 1. The van der Waals surface area contributed by atoms with E-state index in [0.717, 1.165) is 0 Å². The van der Waals surface area contributed by atoms with Gasteiger partial charge in [-0.3, -0.25) is 4.79 Å². The van der Waals surface area contributed by atoms with E-state index < -0.39 is 11.7 Å². The predicted molar refractivity (Wildman–Crippen MR) is 77.3 cm³/mol. The number of halogens is 2. The van der Waals surface area contributed by atoms with Crippen molar-refractivity contribution in [3.8, 4) is 5.75 Å². The zero-order valence-corrected chi connectivity index (χ0v) is 12.1. The van der Waals surface area contributed by atoms with Crippen LogP contribution in [0.4, 0.5) is 15.9 Å². The van der Waals surface area contributed by atoms with Crippen LogP contribution in [0.2, 0.25) is 0 Å². The van der Waals surface area contributed by atoms with Crippen molar-refractivity contribution < 1.29 is 13.9 Å². The number of aromatic nitrogens is 1. The minimum atomic E-state index is -0.532. The fraction of sp³-hybridized carbons (Fsp3) is 0.0769. The molecule has 2 aromatic rings. The molecule has 0 unspecified atom stereocenters. The van der Waals surface area contributed by atoms with Crippen molar-refractivity contribution in [1.82, 2.24) is 4.98 Å². The molecule has 0 fully saturated rings. The zero-order valence-electron chi connectivity index (χ0n) is 10.5. The molecule has 0 aliphatic rings. The number of methoxy groups -OCH3 is 1. The van der Waals surface area contributed by atoms with Gasteiger partial charge < -0.3 is 15.8 Å². The first kappa shape index (κ1) is 14.3. The van der Waals surface area contributed by atoms with E-state index in [-0.39, 0.29) is 11.3 Å². The Morgan fingerprint density at radius 2 is 2.20 bits per heavy atom. The molecule has 0 saturated carbocycles. The molecule has 2 rings (SSSR count). The number of nitrogen functional groups attached to an aromatic ring is 1. The Morgan fingerprint density at radius 1 is 1.45 bits per heavy atom. The summed E-state index contributed by atoms with van der Waals surface area (Å²) in [7, 11) is 1.33. The maximum Gasteiger partial charge on any atom is 0.256 e. The van der Waals surface area contributed by atoms with Crippen LogP contribution in [0.25, 0.3) is 0 Å². The van der Waals surface area contributed by atoms with Gasteiger partial charge in [0.05, 0.1) is 23.5 Å². The van der Waals surface area contributed by atoms with Gasteiger partial charge in [-0.1, -0.05) is 0 Å². The Bertz CT molecular complexity index is 664. The second-order valence-corrected chi connectivity index (χ2v) is 4.76. The Labute approximate surface area is 123 Å². The van der Waals surface area contributed by atoms with Crippen LogP contribution >= 0.6 is 15.9 Å². The lowest BCUT2D eigenvalue weighted by molar-refractivity contribution is 0.102. The molecular weight excluding hydrogens is 329 g/mol. The van der Waals surface area contributed by atoms with E-state index in [1.54, 1.807) is 6.07 Å². The summed E-state index contributed by atoms with van der Waals surface area (Å²) >= 11 is 3.25. The molecule has 1 aromatic carbocycles. The van der Waals surface area contributed by atoms with Crippen molar-refractivity contribution in [2.75, 3.05) is 18.2 Å². The molecular formula is C13H11BrFN3O2. The van der Waals surface area contributed by atoms with Gasteiger partial charge in [-0.15, -0.1) is 0 Å². The third-order valence-electron chi connectivity index (χ3n) is 2.51. The summed E-state index contributed by atoms with van der Waals surface area (Å²) in [5.74, 6) is -0.633. The van der Waals surface area contributed by atoms with Gasteiger partial charge in [0, 0.05) is 5.56 Å². The van der Waals surface area contributed by atoms with E-state index in [0.29, 0.717) is 16.0 Å². The third-order valence-corrected chi connectivity index (χ3v) is 3.11. The van der Waals surface area contributed by atoms with Crippen molar-refractivity contribution in [3.63, 3.8) is 0 Å². The highest BCUT2D eigenvalue weighted by molar-refractivity contribution is 9.10. The number of rotatable bonds is 3. The van der Waals surface area contributed by atoms with E-state index in [2.05, 4.69) is 26.2 Å². The van der Waals surface area contributed by atoms with E-state index in [9.17, 15) is 9.18 Å². The van der Waals surface area contributed by atoms with Gasteiger partial charge >= 0.3 is 0 Å². The number of hydrogen-bond donors (Lipinski definition) is 2. The standard InChI is InChI=1S/C13H11BrFN3O2/c1-20-11-4-7(2-3-10(11)15)13(19)18-12-9(14)5-8(16)6-17-12/h2-6H,16H2,1H3,(H,17,18,19). The van der Waals surface area contributed by atoms with Crippen LogP contribution in [0.15, 0.2) is 34.9 Å². The summed E-state index contributed by atoms with van der Waals surface area (Å²) in [6, 6.07) is 5.46. The predicted octanol–water partition coefficient (Wildman–Crippen LogP) is 2.83. The molecule has 3 N–H and O–H groups in total. The van der Waals surface area contributed by atoms with Gasteiger partial charge in [0.2, 0.25) is 0 Å². The van der Waals surface area contributed by atoms with Crippen molar-refractivity contribution in [3.05, 3.63) is 46.3 Å². The number of carbonyl (C=O) groups excluding carboxylic acids is 1. The molecule has 104 valence electrons. The minimum Gasteiger partial charge on any atom is -0.494 e. The van der Waals surface area contributed by atoms with Crippen molar-refractivity contribution >= 4 is 33.3 Å². The fourth-order valence-electron chi connectivity index (χ4n) is 1.53. The molecule has 1 heterocycles. The molecule has 0 aliphatic carbocycles. The average Bonchev–Trinajstić information content (AvgIpc) is 2.42.